The standard InChI is InChI=1S/C5H7NO3/c7-5(8)4-6-2-1-3-9-6/h1-2H,3-4H2,(H,7,8). The summed E-state index contributed by atoms with van der Waals surface area (Å²) in [6, 6.07) is 0. The van der Waals surface area contributed by atoms with Crippen LogP contribution in [0.2, 0.25) is 0 Å². The van der Waals surface area contributed by atoms with Crippen LogP contribution in [-0.4, -0.2) is 29.3 Å². The number of hydrogen-bond donors (Lipinski definition) is 1. The maximum absolute atomic E-state index is 10.00. The van der Waals surface area contributed by atoms with Gasteiger partial charge in [0, 0.05) is 6.20 Å². The molecule has 50 valence electrons. The lowest BCUT2D eigenvalue weighted by atomic mass is 10.6. The SMILES string of the molecule is O=C(O)CN1C=CCO1. The number of carbonyl (C=O) groups is 1. The number of hydrogen-bond acceptors (Lipinski definition) is 3. The first-order valence-corrected chi connectivity index (χ1v) is 2.57. The van der Waals surface area contributed by atoms with Crippen LogP contribution in [0, 0.1) is 0 Å². The van der Waals surface area contributed by atoms with E-state index in [1.807, 2.05) is 0 Å². The van der Waals surface area contributed by atoms with Crippen LogP contribution in [0.3, 0.4) is 0 Å². The molecule has 0 bridgehead atoms. The summed E-state index contributed by atoms with van der Waals surface area (Å²) in [4.78, 5) is 14.8. The van der Waals surface area contributed by atoms with Crippen molar-refractivity contribution in [1.29, 1.82) is 0 Å². The number of rotatable bonds is 2. The molecule has 0 unspecified atom stereocenters. The normalized spacial score (nSPS) is 16.7. The number of hydroxylamine groups is 2. The summed E-state index contributed by atoms with van der Waals surface area (Å²) in [7, 11) is 0. The quantitative estimate of drug-likeness (QED) is 0.562. The molecule has 0 fully saturated rings. The maximum atomic E-state index is 10.00. The molecule has 1 aliphatic heterocycles. The molecule has 0 saturated carbocycles. The van der Waals surface area contributed by atoms with E-state index in [0.29, 0.717) is 6.61 Å². The highest BCUT2D eigenvalue weighted by Crippen LogP contribution is 1.98. The van der Waals surface area contributed by atoms with E-state index in [0.717, 1.165) is 0 Å². The molecule has 1 rings (SSSR count). The first kappa shape index (κ1) is 6.10. The number of carboxylic acids is 1. The van der Waals surface area contributed by atoms with Gasteiger partial charge in [0.15, 0.2) is 0 Å². The van der Waals surface area contributed by atoms with Crippen LogP contribution < -0.4 is 0 Å². The Morgan fingerprint density at radius 1 is 1.89 bits per heavy atom. The van der Waals surface area contributed by atoms with Crippen molar-refractivity contribution in [2.45, 2.75) is 0 Å². The molecule has 1 N–H and O–H groups in total. The van der Waals surface area contributed by atoms with E-state index in [1.165, 1.54) is 5.06 Å². The fraction of sp³-hybridized carbons (Fsp3) is 0.400. The highest BCUT2D eigenvalue weighted by Gasteiger charge is 2.07. The third-order valence-corrected chi connectivity index (χ3v) is 0.899. The Morgan fingerprint density at radius 2 is 2.67 bits per heavy atom. The van der Waals surface area contributed by atoms with Gasteiger partial charge in [-0.1, -0.05) is 0 Å². The monoisotopic (exact) mass is 129 g/mol. The third kappa shape index (κ3) is 1.73. The number of aliphatic carboxylic acids is 1. The minimum Gasteiger partial charge on any atom is -0.480 e. The molecule has 0 aliphatic carbocycles. The lowest BCUT2D eigenvalue weighted by Gasteiger charge is -2.09. The van der Waals surface area contributed by atoms with Crippen LogP contribution >= 0.6 is 0 Å². The van der Waals surface area contributed by atoms with E-state index in [1.54, 1.807) is 12.3 Å². The van der Waals surface area contributed by atoms with Crippen LogP contribution in [-0.2, 0) is 9.63 Å². The molecular formula is C5H7NO3. The molecule has 0 radical (unpaired) electrons. The molecule has 4 heteroatoms. The van der Waals surface area contributed by atoms with Gasteiger partial charge in [-0.05, 0) is 6.08 Å². The molecule has 0 aromatic rings. The molecule has 0 atom stereocenters. The van der Waals surface area contributed by atoms with Crippen molar-refractivity contribution >= 4 is 5.97 Å². The fourth-order valence-corrected chi connectivity index (χ4v) is 0.574. The summed E-state index contributed by atoms with van der Waals surface area (Å²) in [5, 5.41) is 9.50. The van der Waals surface area contributed by atoms with Gasteiger partial charge in [0.25, 0.3) is 0 Å². The lowest BCUT2D eigenvalue weighted by molar-refractivity contribution is -0.151. The molecule has 1 heterocycles. The summed E-state index contributed by atoms with van der Waals surface area (Å²) in [5.41, 5.74) is 0. The minimum atomic E-state index is -0.887. The zero-order valence-corrected chi connectivity index (χ0v) is 4.78. The van der Waals surface area contributed by atoms with Crippen molar-refractivity contribution in [3.8, 4) is 0 Å². The Hall–Kier alpha value is -1.03. The second-order valence-electron chi connectivity index (χ2n) is 1.65. The predicted molar refractivity (Wildman–Crippen MR) is 29.4 cm³/mol. The van der Waals surface area contributed by atoms with Crippen molar-refractivity contribution in [3.05, 3.63) is 12.3 Å². The molecular weight excluding hydrogens is 122 g/mol. The lowest BCUT2D eigenvalue weighted by Crippen LogP contribution is -2.21. The third-order valence-electron chi connectivity index (χ3n) is 0.899. The van der Waals surface area contributed by atoms with Gasteiger partial charge in [-0.3, -0.25) is 14.7 Å². The number of carboxylic acid groups (broad SMARTS) is 1. The van der Waals surface area contributed by atoms with Crippen LogP contribution in [0.1, 0.15) is 0 Å². The molecule has 0 spiro atoms. The van der Waals surface area contributed by atoms with Crippen molar-refractivity contribution in [3.63, 3.8) is 0 Å². The average Bonchev–Trinajstić information content (AvgIpc) is 2.15. The largest absolute Gasteiger partial charge is 0.480 e. The fourth-order valence-electron chi connectivity index (χ4n) is 0.574. The van der Waals surface area contributed by atoms with Gasteiger partial charge >= 0.3 is 5.97 Å². The smallest absolute Gasteiger partial charge is 0.325 e. The van der Waals surface area contributed by atoms with Crippen molar-refractivity contribution in [1.82, 2.24) is 5.06 Å². The summed E-state index contributed by atoms with van der Waals surface area (Å²) < 4.78 is 0. The predicted octanol–water partition coefficient (Wildman–Crippen LogP) is -0.168. The zero-order chi connectivity index (χ0) is 6.69. The molecule has 0 amide bonds. The summed E-state index contributed by atoms with van der Waals surface area (Å²) in [6.07, 6.45) is 3.36. The van der Waals surface area contributed by atoms with Crippen LogP contribution in [0.4, 0.5) is 0 Å². The molecule has 1 aliphatic rings. The van der Waals surface area contributed by atoms with Crippen molar-refractivity contribution < 1.29 is 14.7 Å². The van der Waals surface area contributed by atoms with E-state index in [2.05, 4.69) is 0 Å². The van der Waals surface area contributed by atoms with Crippen molar-refractivity contribution in [2.24, 2.45) is 0 Å². The van der Waals surface area contributed by atoms with Crippen LogP contribution in [0.5, 0.6) is 0 Å². The van der Waals surface area contributed by atoms with Gasteiger partial charge in [0.2, 0.25) is 0 Å². The second-order valence-corrected chi connectivity index (χ2v) is 1.65. The Morgan fingerprint density at radius 3 is 3.11 bits per heavy atom. The second kappa shape index (κ2) is 2.50. The Kier molecular flexibility index (Phi) is 1.69. The molecule has 0 aromatic heterocycles. The molecule has 9 heavy (non-hydrogen) atoms. The average molecular weight is 129 g/mol. The van der Waals surface area contributed by atoms with Gasteiger partial charge in [-0.2, -0.15) is 0 Å². The number of nitrogens with zero attached hydrogens (tertiary/aromatic N) is 1. The van der Waals surface area contributed by atoms with Gasteiger partial charge < -0.3 is 5.11 Å². The zero-order valence-electron chi connectivity index (χ0n) is 4.78. The Balaban J connectivity index is 2.28. The Bertz CT molecular complexity index is 143. The van der Waals surface area contributed by atoms with E-state index < -0.39 is 5.97 Å². The highest BCUT2D eigenvalue weighted by molar-refractivity contribution is 5.69. The topological polar surface area (TPSA) is 49.8 Å². The van der Waals surface area contributed by atoms with E-state index in [9.17, 15) is 4.79 Å². The molecule has 4 nitrogen and oxygen atoms in total. The summed E-state index contributed by atoms with van der Waals surface area (Å²) in [5.74, 6) is -0.887. The Labute approximate surface area is 52.3 Å². The van der Waals surface area contributed by atoms with Gasteiger partial charge in [0.1, 0.15) is 6.54 Å². The van der Waals surface area contributed by atoms with E-state index in [4.69, 9.17) is 9.94 Å². The summed E-state index contributed by atoms with van der Waals surface area (Å²) in [6.45, 7) is 0.393. The van der Waals surface area contributed by atoms with Gasteiger partial charge in [0.05, 0.1) is 6.61 Å². The maximum Gasteiger partial charge on any atom is 0.325 e. The van der Waals surface area contributed by atoms with E-state index >= 15 is 0 Å². The summed E-state index contributed by atoms with van der Waals surface area (Å²) >= 11 is 0. The minimum absolute atomic E-state index is 0.0868. The van der Waals surface area contributed by atoms with Crippen LogP contribution in [0.25, 0.3) is 0 Å². The first-order valence-electron chi connectivity index (χ1n) is 2.57. The highest BCUT2D eigenvalue weighted by atomic mass is 16.7. The van der Waals surface area contributed by atoms with Crippen LogP contribution in [0.15, 0.2) is 12.3 Å². The molecule has 0 saturated heterocycles. The van der Waals surface area contributed by atoms with Crippen molar-refractivity contribution in [2.75, 3.05) is 13.2 Å². The first-order chi connectivity index (χ1) is 4.29. The van der Waals surface area contributed by atoms with E-state index in [-0.39, 0.29) is 6.54 Å². The van der Waals surface area contributed by atoms with Gasteiger partial charge in [-0.25, -0.2) is 0 Å². The van der Waals surface area contributed by atoms with Gasteiger partial charge in [-0.15, -0.1) is 0 Å². The molecule has 0 aromatic carbocycles.